The van der Waals surface area contributed by atoms with E-state index in [1.54, 1.807) is 4.90 Å². The van der Waals surface area contributed by atoms with Gasteiger partial charge < -0.3 is 9.64 Å². The molecule has 1 heterocycles. The molecule has 1 aromatic rings. The fraction of sp³-hybridized carbons (Fsp3) is 0.529. The summed E-state index contributed by atoms with van der Waals surface area (Å²) < 4.78 is 5.07. The third kappa shape index (κ3) is 4.06. The molecule has 0 saturated carbocycles. The van der Waals surface area contributed by atoms with Gasteiger partial charge in [-0.15, -0.1) is 0 Å². The minimum atomic E-state index is -0.175. The first-order valence-electron chi connectivity index (χ1n) is 7.60. The largest absolute Gasteiger partial charge is 0.466 e. The summed E-state index contributed by atoms with van der Waals surface area (Å²) in [6.07, 6.45) is 2.08. The second kappa shape index (κ2) is 7.25. The lowest BCUT2D eigenvalue weighted by Crippen LogP contribution is -2.43. The van der Waals surface area contributed by atoms with Crippen LogP contribution in [0.3, 0.4) is 0 Å². The van der Waals surface area contributed by atoms with Gasteiger partial charge in [-0.3, -0.25) is 9.59 Å². The van der Waals surface area contributed by atoms with Crippen molar-refractivity contribution in [3.8, 4) is 0 Å². The summed E-state index contributed by atoms with van der Waals surface area (Å²) in [6, 6.07) is 7.93. The predicted molar refractivity (Wildman–Crippen MR) is 80.8 cm³/mol. The molecular weight excluding hydrogens is 266 g/mol. The van der Waals surface area contributed by atoms with Crippen molar-refractivity contribution in [3.63, 3.8) is 0 Å². The van der Waals surface area contributed by atoms with Gasteiger partial charge in [0.25, 0.3) is 0 Å². The van der Waals surface area contributed by atoms with E-state index in [1.165, 1.54) is 0 Å². The van der Waals surface area contributed by atoms with Crippen LogP contribution in [-0.2, 0) is 20.7 Å². The van der Waals surface area contributed by atoms with Crippen LogP contribution in [-0.4, -0.2) is 36.5 Å². The maximum atomic E-state index is 12.4. The molecule has 1 aliphatic heterocycles. The van der Waals surface area contributed by atoms with Crippen molar-refractivity contribution in [2.75, 3.05) is 19.7 Å². The average molecular weight is 289 g/mol. The first kappa shape index (κ1) is 15.5. The molecule has 4 nitrogen and oxygen atoms in total. The SMILES string of the molecule is CCOC(=O)C1CCCN(C(=O)Cc2ccccc2C)C1. The number of benzene rings is 1. The lowest BCUT2D eigenvalue weighted by atomic mass is 9.97. The molecule has 2 rings (SSSR count). The molecular formula is C17H23NO3. The molecule has 1 saturated heterocycles. The number of aryl methyl sites for hydroxylation is 1. The number of carbonyl (C=O) groups excluding carboxylic acids is 2. The zero-order valence-corrected chi connectivity index (χ0v) is 12.8. The monoisotopic (exact) mass is 289 g/mol. The summed E-state index contributed by atoms with van der Waals surface area (Å²) >= 11 is 0. The number of hydrogen-bond acceptors (Lipinski definition) is 3. The Kier molecular flexibility index (Phi) is 5.37. The minimum Gasteiger partial charge on any atom is -0.466 e. The zero-order valence-electron chi connectivity index (χ0n) is 12.8. The number of ether oxygens (including phenoxy) is 1. The number of esters is 1. The summed E-state index contributed by atoms with van der Waals surface area (Å²) in [5, 5.41) is 0. The lowest BCUT2D eigenvalue weighted by Gasteiger charge is -2.31. The van der Waals surface area contributed by atoms with Gasteiger partial charge in [-0.2, -0.15) is 0 Å². The molecule has 4 heteroatoms. The van der Waals surface area contributed by atoms with E-state index in [1.807, 2.05) is 38.1 Å². The Morgan fingerprint density at radius 3 is 2.81 bits per heavy atom. The third-order valence-electron chi connectivity index (χ3n) is 4.00. The molecule has 1 unspecified atom stereocenters. The van der Waals surface area contributed by atoms with Crippen LogP contribution >= 0.6 is 0 Å². The highest BCUT2D eigenvalue weighted by molar-refractivity contribution is 5.80. The topological polar surface area (TPSA) is 46.6 Å². The summed E-state index contributed by atoms with van der Waals surface area (Å²) in [5.74, 6) is -0.247. The maximum absolute atomic E-state index is 12.4. The van der Waals surface area contributed by atoms with Crippen molar-refractivity contribution in [1.29, 1.82) is 0 Å². The Labute approximate surface area is 126 Å². The molecule has 114 valence electrons. The molecule has 1 aliphatic rings. The van der Waals surface area contributed by atoms with Crippen molar-refractivity contribution in [2.45, 2.75) is 33.1 Å². The van der Waals surface area contributed by atoms with E-state index in [0.29, 0.717) is 19.6 Å². The van der Waals surface area contributed by atoms with E-state index in [0.717, 1.165) is 30.5 Å². The molecule has 0 aromatic heterocycles. The van der Waals surface area contributed by atoms with Crippen LogP contribution in [0.5, 0.6) is 0 Å². The predicted octanol–water partition coefficient (Wildman–Crippen LogP) is 2.34. The van der Waals surface area contributed by atoms with Gasteiger partial charge in [0.1, 0.15) is 0 Å². The summed E-state index contributed by atoms with van der Waals surface area (Å²) in [7, 11) is 0. The van der Waals surface area contributed by atoms with E-state index in [2.05, 4.69) is 0 Å². The molecule has 1 fully saturated rings. The van der Waals surface area contributed by atoms with E-state index in [-0.39, 0.29) is 17.8 Å². The van der Waals surface area contributed by atoms with Crippen molar-refractivity contribution in [1.82, 2.24) is 4.90 Å². The molecule has 1 aromatic carbocycles. The van der Waals surface area contributed by atoms with Crippen LogP contribution in [0, 0.1) is 12.8 Å². The zero-order chi connectivity index (χ0) is 15.2. The molecule has 0 N–H and O–H groups in total. The number of piperidine rings is 1. The fourth-order valence-electron chi connectivity index (χ4n) is 2.74. The van der Waals surface area contributed by atoms with Crippen LogP contribution < -0.4 is 0 Å². The lowest BCUT2D eigenvalue weighted by molar-refractivity contribution is -0.151. The Bertz CT molecular complexity index is 513. The van der Waals surface area contributed by atoms with E-state index in [4.69, 9.17) is 4.74 Å². The molecule has 0 aliphatic carbocycles. The molecule has 0 radical (unpaired) electrons. The van der Waals surface area contributed by atoms with Gasteiger partial charge in [-0.1, -0.05) is 24.3 Å². The molecule has 1 atom stereocenters. The highest BCUT2D eigenvalue weighted by atomic mass is 16.5. The van der Waals surface area contributed by atoms with Gasteiger partial charge in [0, 0.05) is 13.1 Å². The van der Waals surface area contributed by atoms with Crippen LogP contribution in [0.15, 0.2) is 24.3 Å². The van der Waals surface area contributed by atoms with Crippen LogP contribution in [0.25, 0.3) is 0 Å². The van der Waals surface area contributed by atoms with Crippen LogP contribution in [0.4, 0.5) is 0 Å². The number of hydrogen-bond donors (Lipinski definition) is 0. The van der Waals surface area contributed by atoms with Gasteiger partial charge in [-0.25, -0.2) is 0 Å². The van der Waals surface area contributed by atoms with Gasteiger partial charge in [0.15, 0.2) is 0 Å². The van der Waals surface area contributed by atoms with E-state index < -0.39 is 0 Å². The highest BCUT2D eigenvalue weighted by Crippen LogP contribution is 2.19. The summed E-state index contributed by atoms with van der Waals surface area (Å²) in [6.45, 7) is 5.44. The van der Waals surface area contributed by atoms with Gasteiger partial charge in [-0.05, 0) is 37.8 Å². The van der Waals surface area contributed by atoms with Crippen LogP contribution in [0.2, 0.25) is 0 Å². The molecule has 1 amide bonds. The molecule has 0 spiro atoms. The normalized spacial score (nSPS) is 18.4. The number of rotatable bonds is 4. The van der Waals surface area contributed by atoms with E-state index in [9.17, 15) is 9.59 Å². The Morgan fingerprint density at radius 1 is 1.33 bits per heavy atom. The van der Waals surface area contributed by atoms with Crippen molar-refractivity contribution >= 4 is 11.9 Å². The minimum absolute atomic E-state index is 0.0956. The average Bonchev–Trinajstić information content (AvgIpc) is 2.50. The first-order chi connectivity index (χ1) is 10.1. The van der Waals surface area contributed by atoms with Crippen LogP contribution in [0.1, 0.15) is 30.9 Å². The highest BCUT2D eigenvalue weighted by Gasteiger charge is 2.29. The Balaban J connectivity index is 1.96. The maximum Gasteiger partial charge on any atom is 0.310 e. The number of carbonyl (C=O) groups is 2. The Hall–Kier alpha value is -1.84. The quantitative estimate of drug-likeness (QED) is 0.799. The second-order valence-electron chi connectivity index (χ2n) is 5.53. The summed E-state index contributed by atoms with van der Waals surface area (Å²) in [5.41, 5.74) is 2.19. The smallest absolute Gasteiger partial charge is 0.310 e. The third-order valence-corrected chi connectivity index (χ3v) is 4.00. The second-order valence-corrected chi connectivity index (χ2v) is 5.53. The fourth-order valence-corrected chi connectivity index (χ4v) is 2.74. The van der Waals surface area contributed by atoms with Gasteiger partial charge in [0.2, 0.25) is 5.91 Å². The number of amides is 1. The molecule has 0 bridgehead atoms. The van der Waals surface area contributed by atoms with Crippen molar-refractivity contribution < 1.29 is 14.3 Å². The van der Waals surface area contributed by atoms with Gasteiger partial charge >= 0.3 is 5.97 Å². The Morgan fingerprint density at radius 2 is 2.10 bits per heavy atom. The van der Waals surface area contributed by atoms with Crippen molar-refractivity contribution in [3.05, 3.63) is 35.4 Å². The van der Waals surface area contributed by atoms with Gasteiger partial charge in [0.05, 0.1) is 18.9 Å². The van der Waals surface area contributed by atoms with Crippen molar-refractivity contribution in [2.24, 2.45) is 5.92 Å². The first-order valence-corrected chi connectivity index (χ1v) is 7.60. The number of likely N-dealkylation sites (tertiary alicyclic amines) is 1. The number of nitrogens with zero attached hydrogens (tertiary/aromatic N) is 1. The standard InChI is InChI=1S/C17H23NO3/c1-3-21-17(20)15-9-6-10-18(12-15)16(19)11-14-8-5-4-7-13(14)2/h4-5,7-8,15H,3,6,9-12H2,1-2H3. The molecule has 21 heavy (non-hydrogen) atoms. The summed E-state index contributed by atoms with van der Waals surface area (Å²) in [4.78, 5) is 26.0. The van der Waals surface area contributed by atoms with E-state index >= 15 is 0 Å².